The van der Waals surface area contributed by atoms with Crippen LogP contribution in [0, 0.1) is 5.92 Å². The maximum atomic E-state index is 12.9. The smallest absolute Gasteiger partial charge is 0.262 e. The molecule has 138 valence electrons. The quantitative estimate of drug-likeness (QED) is 0.428. The molecule has 1 aromatic carbocycles. The molecule has 2 heterocycles. The first-order chi connectivity index (χ1) is 12.4. The van der Waals surface area contributed by atoms with Gasteiger partial charge in [-0.2, -0.15) is 0 Å². The van der Waals surface area contributed by atoms with Crippen LogP contribution in [0.2, 0.25) is 5.02 Å². The van der Waals surface area contributed by atoms with Gasteiger partial charge in [0.05, 0.1) is 10.9 Å². The molecule has 0 saturated carbocycles. The van der Waals surface area contributed by atoms with Crippen molar-refractivity contribution in [2.75, 3.05) is 12.3 Å². The van der Waals surface area contributed by atoms with E-state index in [-0.39, 0.29) is 36.1 Å². The molecule has 3 rings (SSSR count). The molecule has 1 fully saturated rings. The summed E-state index contributed by atoms with van der Waals surface area (Å²) in [6.07, 6.45) is 0.576. The molecule has 0 bridgehead atoms. The van der Waals surface area contributed by atoms with Crippen LogP contribution in [0.25, 0.3) is 10.9 Å². The van der Waals surface area contributed by atoms with Crippen LogP contribution in [0.1, 0.15) is 26.7 Å². The van der Waals surface area contributed by atoms with Crippen molar-refractivity contribution in [3.63, 3.8) is 0 Å². The third-order valence-corrected chi connectivity index (χ3v) is 5.32. The Kier molecular flexibility index (Phi) is 5.67. The van der Waals surface area contributed by atoms with Crippen LogP contribution in [-0.2, 0) is 16.1 Å². The van der Waals surface area contributed by atoms with Gasteiger partial charge in [0.1, 0.15) is 0 Å². The van der Waals surface area contributed by atoms with Gasteiger partial charge in [0.25, 0.3) is 5.56 Å². The van der Waals surface area contributed by atoms with Crippen molar-refractivity contribution in [2.45, 2.75) is 38.4 Å². The molecular formula is C18H20ClN3O3S. The van der Waals surface area contributed by atoms with Gasteiger partial charge in [-0.05, 0) is 24.1 Å². The second-order valence-corrected chi connectivity index (χ2v) is 8.15. The van der Waals surface area contributed by atoms with Crippen LogP contribution >= 0.6 is 23.4 Å². The molecule has 2 aromatic rings. The fourth-order valence-electron chi connectivity index (χ4n) is 2.91. The SMILES string of the molecule is CC(C)Cn1c(SCCN2C(=O)CCC2=O)nc2ccc(Cl)cc2c1=O. The Morgan fingerprint density at radius 3 is 2.54 bits per heavy atom. The Labute approximate surface area is 160 Å². The van der Waals surface area contributed by atoms with Crippen molar-refractivity contribution < 1.29 is 9.59 Å². The number of carbonyl (C=O) groups is 2. The van der Waals surface area contributed by atoms with Crippen LogP contribution in [0.5, 0.6) is 0 Å². The van der Waals surface area contributed by atoms with E-state index in [0.717, 1.165) is 0 Å². The van der Waals surface area contributed by atoms with E-state index in [1.54, 1.807) is 22.8 Å². The minimum Gasteiger partial charge on any atom is -0.287 e. The standard InChI is InChI=1S/C18H20ClN3O3S/c1-11(2)10-22-17(25)13-9-12(19)3-4-14(13)20-18(22)26-8-7-21-15(23)5-6-16(21)24/h3-4,9,11H,5-8,10H2,1-2H3. The summed E-state index contributed by atoms with van der Waals surface area (Å²) in [5, 5.41) is 1.59. The lowest BCUT2D eigenvalue weighted by Crippen LogP contribution is -2.31. The van der Waals surface area contributed by atoms with E-state index in [1.165, 1.54) is 16.7 Å². The highest BCUT2D eigenvalue weighted by Crippen LogP contribution is 2.22. The van der Waals surface area contributed by atoms with Gasteiger partial charge in [-0.1, -0.05) is 37.2 Å². The van der Waals surface area contributed by atoms with Crippen molar-refractivity contribution >= 4 is 46.1 Å². The van der Waals surface area contributed by atoms with Gasteiger partial charge >= 0.3 is 0 Å². The Hall–Kier alpha value is -1.86. The molecule has 0 N–H and O–H groups in total. The molecular weight excluding hydrogens is 374 g/mol. The van der Waals surface area contributed by atoms with Gasteiger partial charge in [0.15, 0.2) is 5.16 Å². The van der Waals surface area contributed by atoms with Gasteiger partial charge in [0, 0.05) is 36.7 Å². The van der Waals surface area contributed by atoms with Gasteiger partial charge < -0.3 is 0 Å². The monoisotopic (exact) mass is 393 g/mol. The summed E-state index contributed by atoms with van der Waals surface area (Å²) in [4.78, 5) is 42.2. The maximum absolute atomic E-state index is 12.9. The Bertz CT molecular complexity index is 910. The number of imide groups is 1. The first kappa shape index (κ1) is 18.9. The minimum absolute atomic E-state index is 0.123. The molecule has 0 atom stereocenters. The number of hydrogen-bond acceptors (Lipinski definition) is 5. The summed E-state index contributed by atoms with van der Waals surface area (Å²) >= 11 is 7.41. The van der Waals surface area contributed by atoms with E-state index in [1.807, 2.05) is 13.8 Å². The molecule has 1 saturated heterocycles. The highest BCUT2D eigenvalue weighted by Gasteiger charge is 2.28. The number of amides is 2. The van der Waals surface area contributed by atoms with E-state index in [9.17, 15) is 14.4 Å². The van der Waals surface area contributed by atoms with E-state index in [2.05, 4.69) is 4.98 Å². The van der Waals surface area contributed by atoms with Gasteiger partial charge in [0.2, 0.25) is 11.8 Å². The number of thioether (sulfide) groups is 1. The number of likely N-dealkylation sites (tertiary alicyclic amines) is 1. The average Bonchev–Trinajstić information content (AvgIpc) is 2.90. The zero-order chi connectivity index (χ0) is 18.8. The molecule has 26 heavy (non-hydrogen) atoms. The fraction of sp³-hybridized carbons (Fsp3) is 0.444. The summed E-state index contributed by atoms with van der Waals surface area (Å²) < 4.78 is 1.65. The topological polar surface area (TPSA) is 72.3 Å². The number of aromatic nitrogens is 2. The summed E-state index contributed by atoms with van der Waals surface area (Å²) in [5.41, 5.74) is 0.470. The zero-order valence-electron chi connectivity index (χ0n) is 14.7. The van der Waals surface area contributed by atoms with Crippen molar-refractivity contribution in [3.05, 3.63) is 33.6 Å². The number of nitrogens with zero attached hydrogens (tertiary/aromatic N) is 3. The van der Waals surface area contributed by atoms with Gasteiger partial charge in [-0.3, -0.25) is 23.9 Å². The van der Waals surface area contributed by atoms with Crippen LogP contribution in [0.15, 0.2) is 28.2 Å². The highest BCUT2D eigenvalue weighted by molar-refractivity contribution is 7.99. The molecule has 0 radical (unpaired) electrons. The van der Waals surface area contributed by atoms with Gasteiger partial charge in [-0.25, -0.2) is 4.98 Å². The predicted octanol–water partition coefficient (Wildman–Crippen LogP) is 2.95. The van der Waals surface area contributed by atoms with E-state index < -0.39 is 0 Å². The lowest BCUT2D eigenvalue weighted by molar-refractivity contribution is -0.137. The fourth-order valence-corrected chi connectivity index (χ4v) is 4.01. The van der Waals surface area contributed by atoms with E-state index >= 15 is 0 Å². The summed E-state index contributed by atoms with van der Waals surface area (Å²) in [6.45, 7) is 4.94. The first-order valence-corrected chi connectivity index (χ1v) is 9.89. The third kappa shape index (κ3) is 3.94. The molecule has 8 heteroatoms. The Morgan fingerprint density at radius 2 is 1.88 bits per heavy atom. The lowest BCUT2D eigenvalue weighted by Gasteiger charge is -2.16. The Morgan fingerprint density at radius 1 is 1.19 bits per heavy atom. The predicted molar refractivity (Wildman–Crippen MR) is 103 cm³/mol. The molecule has 2 amide bonds. The summed E-state index contributed by atoms with van der Waals surface area (Å²) in [7, 11) is 0. The normalized spacial score (nSPS) is 14.8. The third-order valence-electron chi connectivity index (χ3n) is 4.13. The van der Waals surface area contributed by atoms with E-state index in [4.69, 9.17) is 11.6 Å². The first-order valence-electron chi connectivity index (χ1n) is 8.53. The van der Waals surface area contributed by atoms with Crippen molar-refractivity contribution in [1.29, 1.82) is 0 Å². The number of halogens is 1. The Balaban J connectivity index is 1.88. The number of rotatable bonds is 6. The average molecular weight is 394 g/mol. The van der Waals surface area contributed by atoms with Crippen LogP contribution < -0.4 is 5.56 Å². The summed E-state index contributed by atoms with van der Waals surface area (Å²) in [6, 6.07) is 5.08. The largest absolute Gasteiger partial charge is 0.287 e. The number of carbonyl (C=O) groups excluding carboxylic acids is 2. The van der Waals surface area contributed by atoms with Crippen molar-refractivity contribution in [1.82, 2.24) is 14.5 Å². The number of fused-ring (bicyclic) bond motifs is 1. The molecule has 0 spiro atoms. The number of hydrogen-bond donors (Lipinski definition) is 0. The van der Waals surface area contributed by atoms with Crippen LogP contribution in [0.4, 0.5) is 0 Å². The summed E-state index contributed by atoms with van der Waals surface area (Å²) in [5.74, 6) is 0.515. The van der Waals surface area contributed by atoms with E-state index in [0.29, 0.717) is 39.9 Å². The molecule has 1 aliphatic heterocycles. The molecule has 0 aliphatic carbocycles. The van der Waals surface area contributed by atoms with Crippen LogP contribution in [0.3, 0.4) is 0 Å². The van der Waals surface area contributed by atoms with Crippen LogP contribution in [-0.4, -0.2) is 38.6 Å². The number of benzene rings is 1. The second-order valence-electron chi connectivity index (χ2n) is 6.65. The lowest BCUT2D eigenvalue weighted by atomic mass is 10.2. The molecule has 1 aromatic heterocycles. The molecule has 6 nitrogen and oxygen atoms in total. The van der Waals surface area contributed by atoms with Gasteiger partial charge in [-0.15, -0.1) is 0 Å². The van der Waals surface area contributed by atoms with Crippen molar-refractivity contribution in [3.8, 4) is 0 Å². The highest BCUT2D eigenvalue weighted by atomic mass is 35.5. The molecule has 0 unspecified atom stereocenters. The zero-order valence-corrected chi connectivity index (χ0v) is 16.3. The maximum Gasteiger partial charge on any atom is 0.262 e. The minimum atomic E-state index is -0.128. The van der Waals surface area contributed by atoms with Crippen molar-refractivity contribution in [2.24, 2.45) is 5.92 Å². The second kappa shape index (κ2) is 7.80. The molecule has 1 aliphatic rings.